The van der Waals surface area contributed by atoms with Crippen LogP contribution in [0.25, 0.3) is 0 Å². The number of benzene rings is 1. The Balaban J connectivity index is 3.45. The van der Waals surface area contributed by atoms with Gasteiger partial charge in [-0.3, -0.25) is 4.79 Å². The van der Waals surface area contributed by atoms with Gasteiger partial charge in [-0.05, 0) is 40.0 Å². The minimum atomic E-state index is -0.863. The van der Waals surface area contributed by atoms with E-state index in [1.807, 2.05) is 20.8 Å². The summed E-state index contributed by atoms with van der Waals surface area (Å²) >= 11 is 3.39. The maximum absolute atomic E-state index is 10.9. The average Bonchev–Trinajstić information content (AvgIpc) is 2.13. The largest absolute Gasteiger partial charge is 0.504 e. The van der Waals surface area contributed by atoms with Gasteiger partial charge in [-0.1, -0.05) is 13.8 Å². The van der Waals surface area contributed by atoms with Gasteiger partial charge in [-0.15, -0.1) is 0 Å². The number of carboxylic acid groups (broad SMARTS) is 1. The Kier molecular flexibility index (Phi) is 4.27. The van der Waals surface area contributed by atoms with Crippen molar-refractivity contribution < 1.29 is 19.7 Å². The Labute approximate surface area is 115 Å². The molecule has 0 aromatic heterocycles. The number of hydrogen-bond acceptors (Lipinski definition) is 3. The maximum Gasteiger partial charge on any atom is 0.304 e. The van der Waals surface area contributed by atoms with E-state index < -0.39 is 11.4 Å². The Hall–Kier alpha value is -1.23. The lowest BCUT2D eigenvalue weighted by Crippen LogP contribution is -2.23. The second-order valence-corrected chi connectivity index (χ2v) is 5.68. The third-order valence-electron chi connectivity index (χ3n) is 2.87. The lowest BCUT2D eigenvalue weighted by atomic mass is 9.79. The molecule has 4 nitrogen and oxygen atoms in total. The monoisotopic (exact) mass is 316 g/mol. The number of aromatic hydroxyl groups is 1. The first-order valence-electron chi connectivity index (χ1n) is 5.49. The van der Waals surface area contributed by atoms with Gasteiger partial charge in [0.05, 0.1) is 18.0 Å². The van der Waals surface area contributed by atoms with Crippen LogP contribution in [0, 0.1) is 6.92 Å². The molecule has 0 aliphatic heterocycles. The topological polar surface area (TPSA) is 66.8 Å². The molecule has 0 unspecified atom stereocenters. The van der Waals surface area contributed by atoms with Crippen LogP contribution < -0.4 is 4.74 Å². The molecule has 0 bridgehead atoms. The number of phenolic OH excluding ortho intramolecular Hbond substituents is 1. The van der Waals surface area contributed by atoms with Gasteiger partial charge in [0.1, 0.15) is 0 Å². The zero-order chi connectivity index (χ0) is 14.1. The van der Waals surface area contributed by atoms with Crippen LogP contribution in [0.5, 0.6) is 11.5 Å². The van der Waals surface area contributed by atoms with Crippen molar-refractivity contribution in [3.63, 3.8) is 0 Å². The number of aryl methyl sites for hydroxylation is 1. The molecule has 0 saturated carbocycles. The first-order valence-corrected chi connectivity index (χ1v) is 6.28. The highest BCUT2D eigenvalue weighted by atomic mass is 79.9. The molecule has 100 valence electrons. The van der Waals surface area contributed by atoms with Crippen molar-refractivity contribution in [3.8, 4) is 11.5 Å². The SMILES string of the molecule is COc1c(O)cc(C)c(C(C)(C)CC(=O)O)c1Br. The van der Waals surface area contributed by atoms with Gasteiger partial charge >= 0.3 is 5.97 Å². The molecule has 0 aliphatic rings. The van der Waals surface area contributed by atoms with Crippen LogP contribution in [-0.4, -0.2) is 23.3 Å². The van der Waals surface area contributed by atoms with Gasteiger partial charge in [0.15, 0.2) is 11.5 Å². The molecule has 0 atom stereocenters. The van der Waals surface area contributed by atoms with Crippen molar-refractivity contribution in [2.45, 2.75) is 32.6 Å². The van der Waals surface area contributed by atoms with E-state index in [1.54, 1.807) is 6.07 Å². The zero-order valence-electron chi connectivity index (χ0n) is 10.9. The molecule has 0 radical (unpaired) electrons. The van der Waals surface area contributed by atoms with E-state index in [-0.39, 0.29) is 12.2 Å². The number of carboxylic acids is 1. The molecule has 0 spiro atoms. The third kappa shape index (κ3) is 2.77. The van der Waals surface area contributed by atoms with Crippen molar-refractivity contribution in [1.29, 1.82) is 0 Å². The van der Waals surface area contributed by atoms with Crippen LogP contribution in [0.15, 0.2) is 10.5 Å². The molecule has 0 saturated heterocycles. The molecule has 0 heterocycles. The number of hydrogen-bond donors (Lipinski definition) is 2. The Morgan fingerprint density at radius 1 is 1.50 bits per heavy atom. The molecular formula is C13H17BrO4. The molecule has 1 aromatic carbocycles. The van der Waals surface area contributed by atoms with Gasteiger partial charge in [-0.25, -0.2) is 0 Å². The summed E-state index contributed by atoms with van der Waals surface area (Å²) < 4.78 is 5.73. The molecule has 1 aromatic rings. The number of rotatable bonds is 4. The summed E-state index contributed by atoms with van der Waals surface area (Å²) in [5.41, 5.74) is 1.10. The highest BCUT2D eigenvalue weighted by Crippen LogP contribution is 2.44. The van der Waals surface area contributed by atoms with E-state index in [1.165, 1.54) is 7.11 Å². The number of carbonyl (C=O) groups is 1. The van der Waals surface area contributed by atoms with Crippen LogP contribution in [0.4, 0.5) is 0 Å². The van der Waals surface area contributed by atoms with Crippen molar-refractivity contribution >= 4 is 21.9 Å². The fraction of sp³-hybridized carbons (Fsp3) is 0.462. The van der Waals surface area contributed by atoms with E-state index in [2.05, 4.69) is 15.9 Å². The normalized spacial score (nSPS) is 11.4. The van der Waals surface area contributed by atoms with Crippen LogP contribution in [0.1, 0.15) is 31.4 Å². The van der Waals surface area contributed by atoms with E-state index in [4.69, 9.17) is 9.84 Å². The standard InChI is InChI=1S/C13H17BrO4/c1-7-5-8(15)12(18-4)11(14)10(7)13(2,3)6-9(16)17/h5,15H,6H2,1-4H3,(H,16,17). The quantitative estimate of drug-likeness (QED) is 0.895. The number of ether oxygens (including phenoxy) is 1. The second kappa shape index (κ2) is 5.18. The lowest BCUT2D eigenvalue weighted by Gasteiger charge is -2.27. The predicted molar refractivity (Wildman–Crippen MR) is 72.4 cm³/mol. The highest BCUT2D eigenvalue weighted by Gasteiger charge is 2.30. The number of phenols is 1. The minimum absolute atomic E-state index is 0.000367. The van der Waals surface area contributed by atoms with E-state index in [0.29, 0.717) is 10.2 Å². The van der Waals surface area contributed by atoms with Gasteiger partial charge < -0.3 is 14.9 Å². The smallest absolute Gasteiger partial charge is 0.304 e. The Morgan fingerprint density at radius 3 is 2.50 bits per heavy atom. The molecule has 2 N–H and O–H groups in total. The molecule has 5 heteroatoms. The zero-order valence-corrected chi connectivity index (χ0v) is 12.5. The first kappa shape index (κ1) is 14.8. The van der Waals surface area contributed by atoms with E-state index in [0.717, 1.165) is 11.1 Å². The minimum Gasteiger partial charge on any atom is -0.504 e. The van der Waals surface area contributed by atoms with Gasteiger partial charge in [0.2, 0.25) is 0 Å². The van der Waals surface area contributed by atoms with Crippen molar-refractivity contribution in [1.82, 2.24) is 0 Å². The lowest BCUT2D eigenvalue weighted by molar-refractivity contribution is -0.138. The molecule has 18 heavy (non-hydrogen) atoms. The average molecular weight is 317 g/mol. The molecule has 0 fully saturated rings. The van der Waals surface area contributed by atoms with E-state index in [9.17, 15) is 9.90 Å². The van der Waals surface area contributed by atoms with Crippen LogP contribution in [0.3, 0.4) is 0 Å². The van der Waals surface area contributed by atoms with Crippen LogP contribution in [0.2, 0.25) is 0 Å². The second-order valence-electron chi connectivity index (χ2n) is 4.89. The van der Waals surface area contributed by atoms with Gasteiger partial charge in [-0.2, -0.15) is 0 Å². The summed E-state index contributed by atoms with van der Waals surface area (Å²) in [6, 6.07) is 1.59. The summed E-state index contributed by atoms with van der Waals surface area (Å²) in [6.07, 6.45) is 0.000367. The molecule has 0 amide bonds. The molecule has 1 rings (SSSR count). The molecule has 0 aliphatic carbocycles. The summed E-state index contributed by atoms with van der Waals surface area (Å²) in [5, 5.41) is 18.8. The Morgan fingerprint density at radius 2 is 2.06 bits per heavy atom. The summed E-state index contributed by atoms with van der Waals surface area (Å²) in [7, 11) is 1.46. The fourth-order valence-corrected chi connectivity index (χ4v) is 3.45. The molecular weight excluding hydrogens is 300 g/mol. The van der Waals surface area contributed by atoms with Crippen molar-refractivity contribution in [2.24, 2.45) is 0 Å². The number of aliphatic carboxylic acids is 1. The van der Waals surface area contributed by atoms with Crippen LogP contribution in [-0.2, 0) is 10.2 Å². The van der Waals surface area contributed by atoms with E-state index >= 15 is 0 Å². The summed E-state index contributed by atoms with van der Waals surface area (Å²) in [6.45, 7) is 5.54. The number of halogens is 1. The van der Waals surface area contributed by atoms with Gasteiger partial charge in [0, 0.05) is 5.41 Å². The first-order chi connectivity index (χ1) is 8.20. The fourth-order valence-electron chi connectivity index (χ4n) is 2.23. The van der Waals surface area contributed by atoms with Gasteiger partial charge in [0.25, 0.3) is 0 Å². The summed E-state index contributed by atoms with van der Waals surface area (Å²) in [4.78, 5) is 10.9. The van der Waals surface area contributed by atoms with Crippen molar-refractivity contribution in [3.05, 3.63) is 21.7 Å². The van der Waals surface area contributed by atoms with Crippen LogP contribution >= 0.6 is 15.9 Å². The summed E-state index contributed by atoms with van der Waals surface area (Å²) in [5.74, 6) is -0.496. The highest BCUT2D eigenvalue weighted by molar-refractivity contribution is 9.10. The number of methoxy groups -OCH3 is 1. The third-order valence-corrected chi connectivity index (χ3v) is 3.63. The Bertz CT molecular complexity index is 480. The predicted octanol–water partition coefficient (Wildman–Crippen LogP) is 3.22. The van der Waals surface area contributed by atoms with Crippen molar-refractivity contribution in [2.75, 3.05) is 7.11 Å². The maximum atomic E-state index is 10.9.